The molecule has 0 fully saturated rings. The molecule has 6 heteroatoms. The monoisotopic (exact) mass is 299 g/mol. The Balaban J connectivity index is 2.14. The predicted octanol–water partition coefficient (Wildman–Crippen LogP) is 2.96. The van der Waals surface area contributed by atoms with Gasteiger partial charge in [0.2, 0.25) is 10.0 Å². The molecule has 0 aliphatic rings. The van der Waals surface area contributed by atoms with Gasteiger partial charge in [-0.05, 0) is 30.3 Å². The summed E-state index contributed by atoms with van der Waals surface area (Å²) in [6.07, 6.45) is 0. The third kappa shape index (κ3) is 3.53. The molecule has 0 aliphatic heterocycles. The van der Waals surface area contributed by atoms with Crippen molar-refractivity contribution < 1.29 is 12.8 Å². The molecular formula is C13H11ClFNO2S. The first kappa shape index (κ1) is 14.0. The largest absolute Gasteiger partial charge is 0.240 e. The Hall–Kier alpha value is -1.43. The van der Waals surface area contributed by atoms with E-state index in [1.807, 2.05) is 0 Å². The topological polar surface area (TPSA) is 46.2 Å². The Labute approximate surface area is 116 Å². The van der Waals surface area contributed by atoms with Gasteiger partial charge in [-0.2, -0.15) is 0 Å². The zero-order valence-corrected chi connectivity index (χ0v) is 11.4. The summed E-state index contributed by atoms with van der Waals surface area (Å²) in [5, 5.41) is 0.452. The van der Waals surface area contributed by atoms with E-state index in [0.29, 0.717) is 10.6 Å². The van der Waals surface area contributed by atoms with Gasteiger partial charge in [0.25, 0.3) is 0 Å². The molecule has 0 spiro atoms. The second-order valence-corrected chi connectivity index (χ2v) is 6.07. The van der Waals surface area contributed by atoms with Crippen molar-refractivity contribution in [3.63, 3.8) is 0 Å². The van der Waals surface area contributed by atoms with E-state index in [-0.39, 0.29) is 11.4 Å². The minimum atomic E-state index is -3.67. The Kier molecular flexibility index (Phi) is 4.19. The smallest absolute Gasteiger partial charge is 0.207 e. The second kappa shape index (κ2) is 5.69. The highest BCUT2D eigenvalue weighted by Gasteiger charge is 2.14. The number of halogens is 2. The molecule has 0 amide bonds. The Morgan fingerprint density at radius 2 is 1.68 bits per heavy atom. The number of benzene rings is 2. The van der Waals surface area contributed by atoms with E-state index in [2.05, 4.69) is 4.72 Å². The summed E-state index contributed by atoms with van der Waals surface area (Å²) in [4.78, 5) is 0.0910. The van der Waals surface area contributed by atoms with E-state index < -0.39 is 15.8 Å². The van der Waals surface area contributed by atoms with Crippen LogP contribution >= 0.6 is 11.6 Å². The first-order valence-electron chi connectivity index (χ1n) is 5.48. The summed E-state index contributed by atoms with van der Waals surface area (Å²) in [7, 11) is -3.67. The van der Waals surface area contributed by atoms with Crippen molar-refractivity contribution in [2.45, 2.75) is 11.4 Å². The summed E-state index contributed by atoms with van der Waals surface area (Å²) in [5.41, 5.74) is 0.292. The Morgan fingerprint density at radius 1 is 1.05 bits per heavy atom. The molecule has 0 bridgehead atoms. The fourth-order valence-electron chi connectivity index (χ4n) is 1.51. The molecule has 0 aromatic heterocycles. The van der Waals surface area contributed by atoms with Crippen LogP contribution in [0, 0.1) is 5.82 Å². The standard InChI is InChI=1S/C13H11ClFNO2S/c14-11-5-7-12(8-6-11)19(17,18)16-9-10-3-1-2-4-13(10)15/h1-8,16H,9H2. The summed E-state index contributed by atoms with van der Waals surface area (Å²) in [6.45, 7) is -0.0996. The van der Waals surface area contributed by atoms with E-state index in [0.717, 1.165) is 0 Å². The van der Waals surface area contributed by atoms with Crippen LogP contribution in [0.3, 0.4) is 0 Å². The van der Waals surface area contributed by atoms with Crippen molar-refractivity contribution in [1.29, 1.82) is 0 Å². The molecule has 19 heavy (non-hydrogen) atoms. The number of hydrogen-bond donors (Lipinski definition) is 1. The lowest BCUT2D eigenvalue weighted by molar-refractivity contribution is 0.574. The van der Waals surface area contributed by atoms with Gasteiger partial charge in [-0.25, -0.2) is 17.5 Å². The van der Waals surface area contributed by atoms with Gasteiger partial charge >= 0.3 is 0 Å². The molecule has 0 saturated carbocycles. The lowest BCUT2D eigenvalue weighted by Crippen LogP contribution is -2.23. The fraction of sp³-hybridized carbons (Fsp3) is 0.0769. The number of hydrogen-bond acceptors (Lipinski definition) is 2. The minimum absolute atomic E-state index is 0.0910. The maximum atomic E-state index is 13.4. The summed E-state index contributed by atoms with van der Waals surface area (Å²) < 4.78 is 39.6. The molecule has 3 nitrogen and oxygen atoms in total. The van der Waals surface area contributed by atoms with Crippen molar-refractivity contribution in [3.05, 3.63) is 64.9 Å². The molecule has 100 valence electrons. The van der Waals surface area contributed by atoms with Crippen LogP contribution in [0.2, 0.25) is 5.02 Å². The van der Waals surface area contributed by atoms with Gasteiger partial charge in [0.05, 0.1) is 4.90 Å². The van der Waals surface area contributed by atoms with Gasteiger partial charge in [-0.15, -0.1) is 0 Å². The molecule has 2 aromatic rings. The molecule has 2 rings (SSSR count). The normalized spacial score (nSPS) is 11.5. The first-order valence-corrected chi connectivity index (χ1v) is 7.34. The highest BCUT2D eigenvalue weighted by molar-refractivity contribution is 7.89. The third-order valence-electron chi connectivity index (χ3n) is 2.53. The van der Waals surface area contributed by atoms with Gasteiger partial charge in [-0.3, -0.25) is 0 Å². The molecule has 0 atom stereocenters. The minimum Gasteiger partial charge on any atom is -0.207 e. The van der Waals surface area contributed by atoms with Crippen LogP contribution < -0.4 is 4.72 Å². The summed E-state index contributed by atoms with van der Waals surface area (Å²) in [6, 6.07) is 11.8. The van der Waals surface area contributed by atoms with Crippen molar-refractivity contribution in [2.24, 2.45) is 0 Å². The second-order valence-electron chi connectivity index (χ2n) is 3.87. The van der Waals surface area contributed by atoms with Crippen LogP contribution in [-0.2, 0) is 16.6 Å². The average Bonchev–Trinajstić information content (AvgIpc) is 2.38. The van der Waals surface area contributed by atoms with E-state index in [1.165, 1.54) is 36.4 Å². The van der Waals surface area contributed by atoms with Crippen LogP contribution in [0.15, 0.2) is 53.4 Å². The first-order chi connectivity index (χ1) is 8.99. The fourth-order valence-corrected chi connectivity index (χ4v) is 2.64. The maximum Gasteiger partial charge on any atom is 0.240 e. The molecule has 0 unspecified atom stereocenters. The van der Waals surface area contributed by atoms with E-state index in [1.54, 1.807) is 12.1 Å². The van der Waals surface area contributed by atoms with E-state index in [9.17, 15) is 12.8 Å². The SMILES string of the molecule is O=S(=O)(NCc1ccccc1F)c1ccc(Cl)cc1. The summed E-state index contributed by atoms with van der Waals surface area (Å²) >= 11 is 5.69. The summed E-state index contributed by atoms with van der Waals surface area (Å²) in [5.74, 6) is -0.443. The van der Waals surface area contributed by atoms with Crippen molar-refractivity contribution in [2.75, 3.05) is 0 Å². The van der Waals surface area contributed by atoms with Crippen LogP contribution in [0.4, 0.5) is 4.39 Å². The lowest BCUT2D eigenvalue weighted by Gasteiger charge is -2.07. The molecule has 0 radical (unpaired) electrons. The number of rotatable bonds is 4. The molecule has 0 heterocycles. The van der Waals surface area contributed by atoms with Gasteiger partial charge in [0, 0.05) is 17.1 Å². The Bertz CT molecular complexity index is 671. The van der Waals surface area contributed by atoms with Crippen LogP contribution in [0.25, 0.3) is 0 Å². The number of sulfonamides is 1. The quantitative estimate of drug-likeness (QED) is 0.943. The van der Waals surface area contributed by atoms with Crippen LogP contribution in [-0.4, -0.2) is 8.42 Å². The highest BCUT2D eigenvalue weighted by atomic mass is 35.5. The molecule has 2 aromatic carbocycles. The van der Waals surface area contributed by atoms with Gasteiger partial charge in [-0.1, -0.05) is 29.8 Å². The lowest BCUT2D eigenvalue weighted by atomic mass is 10.2. The molecular weight excluding hydrogens is 289 g/mol. The van der Waals surface area contributed by atoms with Crippen molar-refractivity contribution >= 4 is 21.6 Å². The van der Waals surface area contributed by atoms with E-state index >= 15 is 0 Å². The third-order valence-corrected chi connectivity index (χ3v) is 4.20. The predicted molar refractivity (Wildman–Crippen MR) is 71.9 cm³/mol. The Morgan fingerprint density at radius 3 is 2.32 bits per heavy atom. The van der Waals surface area contributed by atoms with Gasteiger partial charge in [0.1, 0.15) is 5.82 Å². The van der Waals surface area contributed by atoms with Crippen molar-refractivity contribution in [3.8, 4) is 0 Å². The van der Waals surface area contributed by atoms with Crippen LogP contribution in [0.1, 0.15) is 5.56 Å². The van der Waals surface area contributed by atoms with Gasteiger partial charge in [0.15, 0.2) is 0 Å². The maximum absolute atomic E-state index is 13.4. The van der Waals surface area contributed by atoms with Gasteiger partial charge < -0.3 is 0 Å². The molecule has 0 saturated heterocycles. The zero-order valence-electron chi connectivity index (χ0n) is 9.81. The zero-order chi connectivity index (χ0) is 13.9. The molecule has 1 N–H and O–H groups in total. The average molecular weight is 300 g/mol. The van der Waals surface area contributed by atoms with Crippen molar-refractivity contribution in [1.82, 2.24) is 4.72 Å². The van der Waals surface area contributed by atoms with Crippen LogP contribution in [0.5, 0.6) is 0 Å². The number of nitrogens with one attached hydrogen (secondary N) is 1. The highest BCUT2D eigenvalue weighted by Crippen LogP contribution is 2.14. The van der Waals surface area contributed by atoms with E-state index in [4.69, 9.17) is 11.6 Å². The molecule has 0 aliphatic carbocycles.